The summed E-state index contributed by atoms with van der Waals surface area (Å²) < 4.78 is 68.1. The zero-order valence-electron chi connectivity index (χ0n) is 13.2. The number of rotatable bonds is 4. The van der Waals surface area contributed by atoms with Gasteiger partial charge in [-0.05, 0) is 24.3 Å². The van der Waals surface area contributed by atoms with Gasteiger partial charge in [-0.15, -0.1) is 0 Å². The van der Waals surface area contributed by atoms with Crippen molar-refractivity contribution < 1.29 is 21.6 Å². The molecule has 136 valence electrons. The van der Waals surface area contributed by atoms with Crippen LogP contribution in [0.25, 0.3) is 11.3 Å². The van der Waals surface area contributed by atoms with Crippen LogP contribution in [-0.4, -0.2) is 18.2 Å². The maximum atomic E-state index is 13.8. The lowest BCUT2D eigenvalue weighted by Crippen LogP contribution is -2.17. The lowest BCUT2D eigenvalue weighted by Gasteiger charge is -2.09. The molecule has 0 bridgehead atoms. The van der Waals surface area contributed by atoms with E-state index in [-0.39, 0.29) is 5.82 Å². The van der Waals surface area contributed by atoms with Crippen LogP contribution in [0.15, 0.2) is 47.4 Å². The predicted molar refractivity (Wildman–Crippen MR) is 90.8 cm³/mol. The number of hydrogen-bond acceptors (Lipinski definition) is 3. The van der Waals surface area contributed by atoms with E-state index in [4.69, 9.17) is 11.6 Å². The van der Waals surface area contributed by atoms with Crippen molar-refractivity contribution in [2.75, 3.05) is 4.72 Å². The first-order valence-electron chi connectivity index (χ1n) is 7.15. The normalized spacial score (nSPS) is 11.6. The summed E-state index contributed by atoms with van der Waals surface area (Å²) in [4.78, 5) is -1.01. The van der Waals surface area contributed by atoms with Gasteiger partial charge in [0.05, 0.1) is 5.69 Å². The molecule has 0 aliphatic rings. The van der Waals surface area contributed by atoms with Gasteiger partial charge in [-0.1, -0.05) is 23.7 Å². The molecule has 1 heterocycles. The average Bonchev–Trinajstić information content (AvgIpc) is 2.93. The molecule has 0 fully saturated rings. The largest absolute Gasteiger partial charge is 0.266 e. The summed E-state index contributed by atoms with van der Waals surface area (Å²) in [5.41, 5.74) is 1.11. The van der Waals surface area contributed by atoms with Crippen molar-refractivity contribution in [2.24, 2.45) is 7.05 Å². The zero-order chi connectivity index (χ0) is 19.1. The number of hydrogen-bond donors (Lipinski definition) is 1. The zero-order valence-corrected chi connectivity index (χ0v) is 14.7. The first-order valence-corrected chi connectivity index (χ1v) is 9.01. The molecule has 3 aromatic rings. The Balaban J connectivity index is 1.96. The van der Waals surface area contributed by atoms with Crippen molar-refractivity contribution in [3.05, 3.63) is 64.9 Å². The van der Waals surface area contributed by atoms with Crippen molar-refractivity contribution >= 4 is 27.4 Å². The Morgan fingerprint density at radius 1 is 1.04 bits per heavy atom. The van der Waals surface area contributed by atoms with Gasteiger partial charge in [0.1, 0.15) is 10.7 Å². The summed E-state index contributed by atoms with van der Waals surface area (Å²) in [6, 6.07) is 9.27. The van der Waals surface area contributed by atoms with Crippen LogP contribution in [0.1, 0.15) is 0 Å². The molecule has 26 heavy (non-hydrogen) atoms. The second kappa shape index (κ2) is 6.65. The van der Waals surface area contributed by atoms with Crippen molar-refractivity contribution in [3.63, 3.8) is 0 Å². The highest BCUT2D eigenvalue weighted by Gasteiger charge is 2.25. The topological polar surface area (TPSA) is 64.0 Å². The van der Waals surface area contributed by atoms with Gasteiger partial charge >= 0.3 is 0 Å². The molecule has 1 aromatic heterocycles. The number of sulfonamides is 1. The summed E-state index contributed by atoms with van der Waals surface area (Å²) in [7, 11) is -3.02. The molecule has 0 unspecified atom stereocenters. The Hall–Kier alpha value is -2.52. The Morgan fingerprint density at radius 3 is 2.35 bits per heavy atom. The second-order valence-electron chi connectivity index (χ2n) is 5.32. The van der Waals surface area contributed by atoms with Crippen LogP contribution in [0.5, 0.6) is 0 Å². The van der Waals surface area contributed by atoms with Crippen LogP contribution in [0.4, 0.5) is 19.0 Å². The van der Waals surface area contributed by atoms with Crippen molar-refractivity contribution in [1.29, 1.82) is 0 Å². The molecule has 10 heteroatoms. The molecule has 0 aliphatic heterocycles. The molecule has 0 saturated carbocycles. The fraction of sp³-hybridized carbons (Fsp3) is 0.0625. The van der Waals surface area contributed by atoms with E-state index in [1.165, 1.54) is 17.8 Å². The molecule has 0 aliphatic carbocycles. The third-order valence-electron chi connectivity index (χ3n) is 3.55. The maximum Gasteiger partial charge on any atom is 0.266 e. The summed E-state index contributed by atoms with van der Waals surface area (Å²) in [5.74, 6) is -5.12. The van der Waals surface area contributed by atoms with E-state index in [2.05, 4.69) is 9.82 Å². The second-order valence-corrected chi connectivity index (χ2v) is 7.41. The van der Waals surface area contributed by atoms with Crippen LogP contribution >= 0.6 is 11.6 Å². The number of nitrogens with one attached hydrogen (secondary N) is 1. The highest BCUT2D eigenvalue weighted by molar-refractivity contribution is 7.92. The first-order chi connectivity index (χ1) is 12.2. The van der Waals surface area contributed by atoms with Crippen LogP contribution < -0.4 is 4.72 Å². The van der Waals surface area contributed by atoms with Crippen LogP contribution in [0.2, 0.25) is 5.02 Å². The van der Waals surface area contributed by atoms with E-state index in [9.17, 15) is 21.6 Å². The highest BCUT2D eigenvalue weighted by atomic mass is 35.5. The smallest absolute Gasteiger partial charge is 0.263 e. The van der Waals surface area contributed by atoms with E-state index in [1.807, 2.05) is 0 Å². The number of aromatic nitrogens is 2. The summed E-state index contributed by atoms with van der Waals surface area (Å²) in [6.45, 7) is 0. The molecule has 0 spiro atoms. The quantitative estimate of drug-likeness (QED) is 0.673. The lowest BCUT2D eigenvalue weighted by atomic mass is 10.1. The number of benzene rings is 2. The first kappa shape index (κ1) is 18.3. The van der Waals surface area contributed by atoms with E-state index in [1.54, 1.807) is 24.3 Å². The third-order valence-corrected chi connectivity index (χ3v) is 5.17. The molecule has 0 atom stereocenters. The number of aryl methyl sites for hydroxylation is 1. The Kier molecular flexibility index (Phi) is 4.68. The van der Waals surface area contributed by atoms with Crippen molar-refractivity contribution in [3.8, 4) is 11.3 Å². The number of anilines is 1. The molecule has 1 N–H and O–H groups in total. The van der Waals surface area contributed by atoms with Crippen LogP contribution in [0.3, 0.4) is 0 Å². The standard InChI is InChI=1S/C16H11ClF3N3O2S/c1-23-14(8-12(21-23)9-2-4-10(17)5-3-9)22-26(24,25)13-7-6-11(18)15(19)16(13)20/h2-8,22H,1H3. The van der Waals surface area contributed by atoms with Gasteiger partial charge in [-0.3, -0.25) is 9.40 Å². The average molecular weight is 402 g/mol. The van der Waals surface area contributed by atoms with Gasteiger partial charge in [0.25, 0.3) is 10.0 Å². The summed E-state index contributed by atoms with van der Waals surface area (Å²) in [6.07, 6.45) is 0. The van der Waals surface area contributed by atoms with Crippen LogP contribution in [-0.2, 0) is 17.1 Å². The van der Waals surface area contributed by atoms with Gasteiger partial charge in [0, 0.05) is 23.7 Å². The van der Waals surface area contributed by atoms with Gasteiger partial charge in [-0.2, -0.15) is 5.10 Å². The SMILES string of the molecule is Cn1nc(-c2ccc(Cl)cc2)cc1NS(=O)(=O)c1ccc(F)c(F)c1F. The number of nitrogens with zero attached hydrogens (tertiary/aromatic N) is 2. The van der Waals surface area contributed by atoms with Crippen molar-refractivity contribution in [1.82, 2.24) is 9.78 Å². The number of halogens is 4. The Morgan fingerprint density at radius 2 is 1.69 bits per heavy atom. The minimum atomic E-state index is -4.49. The van der Waals surface area contributed by atoms with Gasteiger partial charge in [-0.25, -0.2) is 21.6 Å². The van der Waals surface area contributed by atoms with Gasteiger partial charge < -0.3 is 0 Å². The molecule has 0 radical (unpaired) electrons. The molecule has 0 saturated heterocycles. The third kappa shape index (κ3) is 3.40. The molecular formula is C16H11ClF3N3O2S. The lowest BCUT2D eigenvalue weighted by molar-refractivity contribution is 0.432. The highest BCUT2D eigenvalue weighted by Crippen LogP contribution is 2.26. The fourth-order valence-electron chi connectivity index (χ4n) is 2.23. The predicted octanol–water partition coefficient (Wildman–Crippen LogP) is 3.96. The summed E-state index contributed by atoms with van der Waals surface area (Å²) >= 11 is 5.82. The monoisotopic (exact) mass is 401 g/mol. The Labute approximate surface area is 152 Å². The van der Waals surface area contributed by atoms with E-state index in [0.29, 0.717) is 28.4 Å². The molecular weight excluding hydrogens is 391 g/mol. The molecule has 5 nitrogen and oxygen atoms in total. The minimum Gasteiger partial charge on any atom is -0.263 e. The van der Waals surface area contributed by atoms with Crippen LogP contribution in [0, 0.1) is 17.5 Å². The maximum absolute atomic E-state index is 13.8. The minimum absolute atomic E-state index is 0.0130. The van der Waals surface area contributed by atoms with Gasteiger partial charge in [0.2, 0.25) is 0 Å². The van der Waals surface area contributed by atoms with E-state index in [0.717, 1.165) is 0 Å². The fourth-order valence-corrected chi connectivity index (χ4v) is 3.51. The van der Waals surface area contributed by atoms with Crippen molar-refractivity contribution in [2.45, 2.75) is 4.90 Å². The molecule has 3 rings (SSSR count). The van der Waals surface area contributed by atoms with E-state index < -0.39 is 32.4 Å². The summed E-state index contributed by atoms with van der Waals surface area (Å²) in [5, 5.41) is 4.69. The van der Waals surface area contributed by atoms with E-state index >= 15 is 0 Å². The molecule has 2 aromatic carbocycles. The molecule has 0 amide bonds. The van der Waals surface area contributed by atoms with Gasteiger partial charge in [0.15, 0.2) is 17.5 Å². The Bertz CT molecular complexity index is 1080.